The Kier molecular flexibility index (Phi) is 11.4. The lowest BCUT2D eigenvalue weighted by atomic mass is 9.85. The number of nitrogens with one attached hydrogen (secondary N) is 2. The van der Waals surface area contributed by atoms with Crippen molar-refractivity contribution >= 4 is 29.9 Å². The summed E-state index contributed by atoms with van der Waals surface area (Å²) >= 11 is 0. The number of likely N-dealkylation sites (N-methyl/N-ethyl adjacent to an activating group) is 1. The van der Waals surface area contributed by atoms with Gasteiger partial charge in [0.25, 0.3) is 0 Å². The van der Waals surface area contributed by atoms with Crippen LogP contribution in [0.2, 0.25) is 0 Å². The molecular weight excluding hydrogens is 501 g/mol. The van der Waals surface area contributed by atoms with Crippen LogP contribution in [0.25, 0.3) is 0 Å². The van der Waals surface area contributed by atoms with Gasteiger partial charge in [-0.3, -0.25) is 14.8 Å². The zero-order valence-electron chi connectivity index (χ0n) is 19.8. The average Bonchev–Trinajstić information content (AvgIpc) is 3.23. The molecule has 2 aliphatic heterocycles. The summed E-state index contributed by atoms with van der Waals surface area (Å²) in [5.41, 5.74) is 1.36. The van der Waals surface area contributed by atoms with Crippen molar-refractivity contribution in [2.45, 2.75) is 51.6 Å². The van der Waals surface area contributed by atoms with Crippen molar-refractivity contribution < 1.29 is 4.74 Å². The second kappa shape index (κ2) is 13.5. The zero-order valence-corrected chi connectivity index (χ0v) is 22.1. The van der Waals surface area contributed by atoms with Crippen LogP contribution < -0.4 is 15.4 Å². The molecule has 3 rings (SSSR count). The van der Waals surface area contributed by atoms with Crippen LogP contribution in [-0.4, -0.2) is 75.2 Å². The fourth-order valence-corrected chi connectivity index (χ4v) is 5.09. The van der Waals surface area contributed by atoms with Crippen LogP contribution in [0.5, 0.6) is 5.75 Å². The van der Waals surface area contributed by atoms with Crippen LogP contribution in [-0.2, 0) is 0 Å². The summed E-state index contributed by atoms with van der Waals surface area (Å²) in [6.07, 6.45) is 5.05. The third-order valence-electron chi connectivity index (χ3n) is 6.70. The number of methoxy groups -OCH3 is 1. The van der Waals surface area contributed by atoms with Gasteiger partial charge in [-0.2, -0.15) is 0 Å². The lowest BCUT2D eigenvalue weighted by Gasteiger charge is -2.39. The van der Waals surface area contributed by atoms with Crippen LogP contribution >= 0.6 is 24.0 Å². The molecule has 1 aromatic carbocycles. The van der Waals surface area contributed by atoms with E-state index in [2.05, 4.69) is 65.6 Å². The fourth-order valence-electron chi connectivity index (χ4n) is 5.09. The van der Waals surface area contributed by atoms with E-state index >= 15 is 0 Å². The second-order valence-electron chi connectivity index (χ2n) is 8.63. The fraction of sp³-hybridized carbons (Fsp3) is 0.708. The number of hydrogen-bond acceptors (Lipinski definition) is 4. The lowest BCUT2D eigenvalue weighted by Crippen LogP contribution is -2.45. The largest absolute Gasteiger partial charge is 0.497 e. The van der Waals surface area contributed by atoms with Gasteiger partial charge in [-0.15, -0.1) is 24.0 Å². The van der Waals surface area contributed by atoms with Crippen molar-refractivity contribution in [1.82, 2.24) is 20.4 Å². The topological polar surface area (TPSA) is 52.1 Å². The molecule has 2 N–H and O–H groups in total. The summed E-state index contributed by atoms with van der Waals surface area (Å²) in [7, 11) is 3.97. The van der Waals surface area contributed by atoms with Crippen LogP contribution in [0.4, 0.5) is 0 Å². The van der Waals surface area contributed by atoms with E-state index < -0.39 is 0 Å². The van der Waals surface area contributed by atoms with Crippen LogP contribution in [0.1, 0.15) is 51.1 Å². The first-order valence-corrected chi connectivity index (χ1v) is 11.8. The summed E-state index contributed by atoms with van der Waals surface area (Å²) in [5.74, 6) is 2.40. The average molecular weight is 544 g/mol. The van der Waals surface area contributed by atoms with Gasteiger partial charge >= 0.3 is 0 Å². The van der Waals surface area contributed by atoms with E-state index in [0.717, 1.165) is 44.4 Å². The number of benzene rings is 1. The maximum absolute atomic E-state index is 5.35. The van der Waals surface area contributed by atoms with Crippen LogP contribution in [0, 0.1) is 5.92 Å². The standard InChI is InChI=1S/C24H41N5O.HI/c1-5-25-24(27-18-21-10-8-16-29(21)6-2)26-17-20-9-7-15-28(3)23(20)19-11-13-22(30-4)14-12-19;/h11-14,20-21,23H,5-10,15-18H2,1-4H3,(H2,25,26,27);1H. The molecule has 0 saturated carbocycles. The normalized spacial score (nSPS) is 25.2. The molecule has 3 unspecified atom stereocenters. The Morgan fingerprint density at radius 1 is 1.10 bits per heavy atom. The molecule has 2 fully saturated rings. The van der Waals surface area contributed by atoms with E-state index in [4.69, 9.17) is 9.73 Å². The number of likely N-dealkylation sites (tertiary alicyclic amines) is 2. The monoisotopic (exact) mass is 543 g/mol. The molecule has 1 aromatic rings. The van der Waals surface area contributed by atoms with Crippen molar-refractivity contribution in [1.29, 1.82) is 0 Å². The molecule has 0 aromatic heterocycles. The minimum atomic E-state index is 0. The van der Waals surface area contributed by atoms with Gasteiger partial charge in [-0.05, 0) is 82.9 Å². The zero-order chi connectivity index (χ0) is 21.3. The van der Waals surface area contributed by atoms with Crippen molar-refractivity contribution in [2.75, 3.05) is 53.4 Å². The Hall–Kier alpha value is -1.06. The molecule has 0 bridgehead atoms. The first-order valence-electron chi connectivity index (χ1n) is 11.8. The minimum absolute atomic E-state index is 0. The molecule has 2 saturated heterocycles. The van der Waals surface area contributed by atoms with Crippen LogP contribution in [0.15, 0.2) is 29.3 Å². The molecule has 0 aliphatic carbocycles. The van der Waals surface area contributed by atoms with Crippen molar-refractivity contribution in [3.05, 3.63) is 29.8 Å². The highest BCUT2D eigenvalue weighted by Crippen LogP contribution is 2.35. The number of halogens is 1. The smallest absolute Gasteiger partial charge is 0.191 e. The lowest BCUT2D eigenvalue weighted by molar-refractivity contribution is 0.125. The van der Waals surface area contributed by atoms with Gasteiger partial charge in [0.05, 0.1) is 7.11 Å². The molecule has 0 radical (unpaired) electrons. The van der Waals surface area contributed by atoms with Gasteiger partial charge in [0.2, 0.25) is 0 Å². The maximum Gasteiger partial charge on any atom is 0.191 e. The summed E-state index contributed by atoms with van der Waals surface area (Å²) in [6, 6.07) is 9.61. The first-order chi connectivity index (χ1) is 14.7. The van der Waals surface area contributed by atoms with Crippen molar-refractivity contribution in [3.63, 3.8) is 0 Å². The third-order valence-corrected chi connectivity index (χ3v) is 6.70. The van der Waals surface area contributed by atoms with Gasteiger partial charge in [0.1, 0.15) is 5.75 Å². The van der Waals surface area contributed by atoms with Gasteiger partial charge in [0.15, 0.2) is 5.96 Å². The van der Waals surface area contributed by atoms with Crippen molar-refractivity contribution in [2.24, 2.45) is 10.9 Å². The predicted octanol–water partition coefficient (Wildman–Crippen LogP) is 3.74. The van der Waals surface area contributed by atoms with Crippen molar-refractivity contribution in [3.8, 4) is 5.75 Å². The molecule has 2 aliphatic rings. The number of piperidine rings is 1. The number of guanidine groups is 1. The first kappa shape index (κ1) is 26.2. The van der Waals surface area contributed by atoms with Gasteiger partial charge in [0, 0.05) is 31.7 Å². The molecule has 31 heavy (non-hydrogen) atoms. The molecular formula is C24H42IN5O. The van der Waals surface area contributed by atoms with E-state index in [-0.39, 0.29) is 24.0 Å². The summed E-state index contributed by atoms with van der Waals surface area (Å²) in [4.78, 5) is 10.1. The highest BCUT2D eigenvalue weighted by Gasteiger charge is 2.30. The van der Waals surface area contributed by atoms with E-state index in [0.29, 0.717) is 18.0 Å². The number of ether oxygens (including phenoxy) is 1. The number of rotatable bonds is 8. The summed E-state index contributed by atoms with van der Waals surface area (Å²) in [5, 5.41) is 7.06. The molecule has 6 nitrogen and oxygen atoms in total. The SMILES string of the molecule is CCNC(=NCC1CCCN(C)C1c1ccc(OC)cc1)NCC1CCCN1CC.I. The molecule has 2 heterocycles. The van der Waals surface area contributed by atoms with E-state index in [1.165, 1.54) is 37.8 Å². The Morgan fingerprint density at radius 3 is 2.52 bits per heavy atom. The molecule has 3 atom stereocenters. The quantitative estimate of drug-likeness (QED) is 0.298. The number of aliphatic imine (C=N–C) groups is 1. The highest BCUT2D eigenvalue weighted by atomic mass is 127. The number of hydrogen-bond donors (Lipinski definition) is 2. The summed E-state index contributed by atoms with van der Waals surface area (Å²) < 4.78 is 5.35. The minimum Gasteiger partial charge on any atom is -0.497 e. The third kappa shape index (κ3) is 7.22. The van der Waals surface area contributed by atoms with Gasteiger partial charge < -0.3 is 15.4 Å². The predicted molar refractivity (Wildman–Crippen MR) is 141 cm³/mol. The molecule has 0 spiro atoms. The van der Waals surface area contributed by atoms with E-state index in [1.54, 1.807) is 7.11 Å². The molecule has 176 valence electrons. The highest BCUT2D eigenvalue weighted by molar-refractivity contribution is 14.0. The van der Waals surface area contributed by atoms with E-state index in [9.17, 15) is 0 Å². The second-order valence-corrected chi connectivity index (χ2v) is 8.63. The Bertz CT molecular complexity index is 668. The Morgan fingerprint density at radius 2 is 1.84 bits per heavy atom. The number of nitrogens with zero attached hydrogens (tertiary/aromatic N) is 3. The molecule has 7 heteroatoms. The Labute approximate surface area is 206 Å². The van der Waals surface area contributed by atoms with E-state index in [1.807, 2.05) is 0 Å². The maximum atomic E-state index is 5.35. The van der Waals surface area contributed by atoms with Crippen LogP contribution in [0.3, 0.4) is 0 Å². The molecule has 0 amide bonds. The Balaban J connectivity index is 0.00000341. The van der Waals surface area contributed by atoms with Gasteiger partial charge in [-0.25, -0.2) is 0 Å². The summed E-state index contributed by atoms with van der Waals surface area (Å²) in [6.45, 7) is 10.6. The van der Waals surface area contributed by atoms with Gasteiger partial charge in [-0.1, -0.05) is 19.1 Å².